The zero-order valence-electron chi connectivity index (χ0n) is 10.3. The van der Waals surface area contributed by atoms with E-state index in [9.17, 15) is 0 Å². The van der Waals surface area contributed by atoms with Crippen LogP contribution in [0.1, 0.15) is 11.1 Å². The van der Waals surface area contributed by atoms with Crippen LogP contribution in [0.5, 0.6) is 11.5 Å². The third kappa shape index (κ3) is 3.01. The fraction of sp³-hybridized carbons (Fsp3) is 0.308. The molecule has 2 aromatic rings. The number of ether oxygens (including phenoxy) is 2. The van der Waals surface area contributed by atoms with Crippen molar-refractivity contribution in [1.29, 1.82) is 0 Å². The van der Waals surface area contributed by atoms with Crippen LogP contribution in [0.3, 0.4) is 0 Å². The van der Waals surface area contributed by atoms with E-state index in [1.54, 1.807) is 19.6 Å². The fourth-order valence-corrected chi connectivity index (χ4v) is 1.62. The first kappa shape index (κ1) is 12.4. The molecular formula is C13H16N2O3. The summed E-state index contributed by atoms with van der Waals surface area (Å²) >= 11 is 0. The van der Waals surface area contributed by atoms with Crippen molar-refractivity contribution in [1.82, 2.24) is 5.16 Å². The largest absolute Gasteiger partial charge is 0.497 e. The maximum absolute atomic E-state index is 5.74. The van der Waals surface area contributed by atoms with E-state index in [0.29, 0.717) is 13.2 Å². The minimum Gasteiger partial charge on any atom is -0.497 e. The highest BCUT2D eigenvalue weighted by Gasteiger charge is 2.06. The molecule has 0 saturated heterocycles. The summed E-state index contributed by atoms with van der Waals surface area (Å²) in [5.74, 6) is 1.54. The van der Waals surface area contributed by atoms with E-state index in [1.807, 2.05) is 18.2 Å². The number of hydrogen-bond acceptors (Lipinski definition) is 5. The lowest BCUT2D eigenvalue weighted by atomic mass is 10.1. The van der Waals surface area contributed by atoms with Gasteiger partial charge >= 0.3 is 0 Å². The van der Waals surface area contributed by atoms with Crippen LogP contribution in [0, 0.1) is 0 Å². The molecule has 0 saturated carbocycles. The van der Waals surface area contributed by atoms with Crippen molar-refractivity contribution >= 4 is 0 Å². The number of methoxy groups -OCH3 is 1. The van der Waals surface area contributed by atoms with E-state index in [0.717, 1.165) is 29.0 Å². The normalized spacial score (nSPS) is 10.3. The van der Waals surface area contributed by atoms with Crippen LogP contribution in [-0.4, -0.2) is 18.8 Å². The second kappa shape index (κ2) is 6.07. The van der Waals surface area contributed by atoms with Crippen molar-refractivity contribution in [2.45, 2.75) is 13.0 Å². The Morgan fingerprint density at radius 3 is 2.94 bits per heavy atom. The molecule has 18 heavy (non-hydrogen) atoms. The van der Waals surface area contributed by atoms with Crippen LogP contribution in [0.15, 0.2) is 35.2 Å². The lowest BCUT2D eigenvalue weighted by molar-refractivity contribution is 0.298. The Balaban J connectivity index is 2.12. The van der Waals surface area contributed by atoms with Crippen molar-refractivity contribution in [2.75, 3.05) is 13.7 Å². The zero-order chi connectivity index (χ0) is 12.8. The number of aromatic nitrogens is 1. The van der Waals surface area contributed by atoms with Gasteiger partial charge in [-0.1, -0.05) is 11.2 Å². The van der Waals surface area contributed by atoms with Gasteiger partial charge in [-0.3, -0.25) is 0 Å². The summed E-state index contributed by atoms with van der Waals surface area (Å²) in [6, 6.07) is 5.73. The van der Waals surface area contributed by atoms with Gasteiger partial charge in [-0.2, -0.15) is 0 Å². The summed E-state index contributed by atoms with van der Waals surface area (Å²) < 4.78 is 15.7. The van der Waals surface area contributed by atoms with Gasteiger partial charge < -0.3 is 19.7 Å². The molecule has 0 aliphatic carbocycles. The number of benzene rings is 1. The summed E-state index contributed by atoms with van der Waals surface area (Å²) in [7, 11) is 1.63. The van der Waals surface area contributed by atoms with E-state index in [-0.39, 0.29) is 0 Å². The summed E-state index contributed by atoms with van der Waals surface area (Å²) in [4.78, 5) is 0. The molecule has 1 aromatic carbocycles. The highest BCUT2D eigenvalue weighted by atomic mass is 16.5. The summed E-state index contributed by atoms with van der Waals surface area (Å²) in [5.41, 5.74) is 7.53. The molecule has 1 heterocycles. The van der Waals surface area contributed by atoms with Gasteiger partial charge in [-0.05, 0) is 24.6 Å². The third-order valence-electron chi connectivity index (χ3n) is 2.57. The molecule has 0 amide bonds. The molecule has 0 aliphatic rings. The Labute approximate surface area is 105 Å². The third-order valence-corrected chi connectivity index (χ3v) is 2.57. The SMILES string of the molecule is COc1ccc(CCN)c(OCc2cnoc2)c1. The molecular weight excluding hydrogens is 232 g/mol. The molecule has 0 atom stereocenters. The molecule has 96 valence electrons. The van der Waals surface area contributed by atoms with E-state index >= 15 is 0 Å². The van der Waals surface area contributed by atoms with Crippen molar-refractivity contribution in [2.24, 2.45) is 5.73 Å². The van der Waals surface area contributed by atoms with Crippen LogP contribution in [-0.2, 0) is 13.0 Å². The lowest BCUT2D eigenvalue weighted by Gasteiger charge is -2.11. The molecule has 0 radical (unpaired) electrons. The van der Waals surface area contributed by atoms with Gasteiger partial charge in [0.2, 0.25) is 0 Å². The van der Waals surface area contributed by atoms with E-state index in [4.69, 9.17) is 19.7 Å². The van der Waals surface area contributed by atoms with Crippen molar-refractivity contribution < 1.29 is 14.0 Å². The highest BCUT2D eigenvalue weighted by molar-refractivity contribution is 5.41. The Morgan fingerprint density at radius 1 is 1.39 bits per heavy atom. The van der Waals surface area contributed by atoms with Crippen molar-refractivity contribution in [3.63, 3.8) is 0 Å². The maximum Gasteiger partial charge on any atom is 0.130 e. The van der Waals surface area contributed by atoms with Gasteiger partial charge in [0.05, 0.1) is 13.3 Å². The van der Waals surface area contributed by atoms with E-state index < -0.39 is 0 Å². The molecule has 2 rings (SSSR count). The van der Waals surface area contributed by atoms with Gasteiger partial charge in [-0.15, -0.1) is 0 Å². The first-order chi connectivity index (χ1) is 8.83. The molecule has 5 heteroatoms. The second-order valence-electron chi connectivity index (χ2n) is 3.83. The fourth-order valence-electron chi connectivity index (χ4n) is 1.62. The van der Waals surface area contributed by atoms with Gasteiger partial charge in [0, 0.05) is 11.6 Å². The lowest BCUT2D eigenvalue weighted by Crippen LogP contribution is -2.05. The summed E-state index contributed by atoms with van der Waals surface area (Å²) in [5, 5.41) is 3.63. The predicted octanol–water partition coefficient (Wildman–Crippen LogP) is 1.76. The Morgan fingerprint density at radius 2 is 2.28 bits per heavy atom. The highest BCUT2D eigenvalue weighted by Crippen LogP contribution is 2.25. The quantitative estimate of drug-likeness (QED) is 0.843. The Bertz CT molecular complexity index is 483. The van der Waals surface area contributed by atoms with Crippen LogP contribution < -0.4 is 15.2 Å². The van der Waals surface area contributed by atoms with Crippen LogP contribution in [0.4, 0.5) is 0 Å². The summed E-state index contributed by atoms with van der Waals surface area (Å²) in [6.07, 6.45) is 3.95. The molecule has 1 aromatic heterocycles. The van der Waals surface area contributed by atoms with Gasteiger partial charge in [0.15, 0.2) is 0 Å². The van der Waals surface area contributed by atoms with E-state index in [1.165, 1.54) is 0 Å². The molecule has 5 nitrogen and oxygen atoms in total. The number of nitrogens with zero attached hydrogens (tertiary/aromatic N) is 1. The predicted molar refractivity (Wildman–Crippen MR) is 66.6 cm³/mol. The van der Waals surface area contributed by atoms with Crippen LogP contribution >= 0.6 is 0 Å². The van der Waals surface area contributed by atoms with Crippen LogP contribution in [0.25, 0.3) is 0 Å². The number of nitrogens with two attached hydrogens (primary N) is 1. The van der Waals surface area contributed by atoms with Crippen molar-refractivity contribution in [3.05, 3.63) is 41.8 Å². The minimum absolute atomic E-state index is 0.411. The number of hydrogen-bond donors (Lipinski definition) is 1. The van der Waals surface area contributed by atoms with Gasteiger partial charge in [0.25, 0.3) is 0 Å². The second-order valence-corrected chi connectivity index (χ2v) is 3.83. The molecule has 0 aliphatic heterocycles. The monoisotopic (exact) mass is 248 g/mol. The zero-order valence-corrected chi connectivity index (χ0v) is 10.3. The summed E-state index contributed by atoms with van der Waals surface area (Å²) in [6.45, 7) is 0.990. The first-order valence-corrected chi connectivity index (χ1v) is 5.71. The number of rotatable bonds is 6. The minimum atomic E-state index is 0.411. The maximum atomic E-state index is 5.74. The average molecular weight is 248 g/mol. The van der Waals surface area contributed by atoms with Gasteiger partial charge in [0.1, 0.15) is 24.4 Å². The first-order valence-electron chi connectivity index (χ1n) is 5.71. The average Bonchev–Trinajstić information content (AvgIpc) is 2.91. The Kier molecular flexibility index (Phi) is 4.20. The molecule has 0 unspecified atom stereocenters. The smallest absolute Gasteiger partial charge is 0.130 e. The molecule has 0 bridgehead atoms. The van der Waals surface area contributed by atoms with Crippen LogP contribution in [0.2, 0.25) is 0 Å². The standard InChI is InChI=1S/C13H16N2O3/c1-16-12-3-2-11(4-5-14)13(6-12)17-8-10-7-15-18-9-10/h2-3,6-7,9H,4-5,8,14H2,1H3. The van der Waals surface area contributed by atoms with Crippen molar-refractivity contribution in [3.8, 4) is 11.5 Å². The Hall–Kier alpha value is -2.01. The molecule has 2 N–H and O–H groups in total. The molecule has 0 fully saturated rings. The molecule has 0 spiro atoms. The van der Waals surface area contributed by atoms with E-state index in [2.05, 4.69) is 5.16 Å². The topological polar surface area (TPSA) is 70.5 Å². The van der Waals surface area contributed by atoms with Gasteiger partial charge in [-0.25, -0.2) is 0 Å².